The molecule has 1 N–H and O–H groups in total. The van der Waals surface area contributed by atoms with Crippen LogP contribution in [0.15, 0.2) is 48.8 Å². The average molecular weight is 434 g/mol. The zero-order valence-corrected chi connectivity index (χ0v) is 18.7. The number of nitrogens with zero attached hydrogens (tertiary/aromatic N) is 2. The lowest BCUT2D eigenvalue weighted by Gasteiger charge is -2.17. The van der Waals surface area contributed by atoms with E-state index in [9.17, 15) is 9.59 Å². The van der Waals surface area contributed by atoms with Crippen molar-refractivity contribution in [3.05, 3.63) is 59.9 Å². The van der Waals surface area contributed by atoms with Crippen LogP contribution in [-0.2, 0) is 16.0 Å². The monoisotopic (exact) mass is 433 g/mol. The molecule has 7 nitrogen and oxygen atoms in total. The fourth-order valence-electron chi connectivity index (χ4n) is 4.00. The van der Waals surface area contributed by atoms with Gasteiger partial charge in [0, 0.05) is 23.8 Å². The Kier molecular flexibility index (Phi) is 5.90. The minimum absolute atomic E-state index is 0.0706. The number of anilines is 1. The Labute approximate surface area is 187 Å². The van der Waals surface area contributed by atoms with Gasteiger partial charge >= 0.3 is 0 Å². The third kappa shape index (κ3) is 4.06. The Bertz CT molecular complexity index is 1210. The van der Waals surface area contributed by atoms with E-state index in [-0.39, 0.29) is 24.8 Å². The van der Waals surface area contributed by atoms with Gasteiger partial charge in [0.05, 0.1) is 31.8 Å². The maximum atomic E-state index is 12.8. The highest BCUT2D eigenvalue weighted by molar-refractivity contribution is 6.03. The quantitative estimate of drug-likeness (QED) is 0.631. The summed E-state index contributed by atoms with van der Waals surface area (Å²) in [4.78, 5) is 27.1. The number of nitrogens with one attached hydrogen (secondary N) is 1. The molecule has 0 saturated carbocycles. The number of ether oxygens (including phenoxy) is 2. The molecule has 2 aromatic carbocycles. The number of carbonyl (C=O) groups is 2. The summed E-state index contributed by atoms with van der Waals surface area (Å²) in [6.07, 6.45) is 5.66. The van der Waals surface area contributed by atoms with E-state index in [1.165, 1.54) is 4.90 Å². The number of methoxy groups -OCH3 is 2. The Hall–Kier alpha value is -3.74. The molecule has 4 rings (SSSR count). The molecule has 2 amide bonds. The Morgan fingerprint density at radius 1 is 1.12 bits per heavy atom. The summed E-state index contributed by atoms with van der Waals surface area (Å²) in [7, 11) is 3.13. The minimum Gasteiger partial charge on any atom is -0.493 e. The average Bonchev–Trinajstić information content (AvgIpc) is 3.16. The zero-order valence-electron chi connectivity index (χ0n) is 18.7. The Morgan fingerprint density at radius 2 is 1.88 bits per heavy atom. The summed E-state index contributed by atoms with van der Waals surface area (Å²) in [5, 5.41) is 3.93. The third-order valence-corrected chi connectivity index (χ3v) is 5.65. The summed E-state index contributed by atoms with van der Waals surface area (Å²) >= 11 is 0. The lowest BCUT2D eigenvalue weighted by atomic mass is 10.0. The van der Waals surface area contributed by atoms with Crippen molar-refractivity contribution in [1.29, 1.82) is 0 Å². The molecule has 1 aliphatic rings. The van der Waals surface area contributed by atoms with Crippen LogP contribution in [0.5, 0.6) is 11.5 Å². The smallest absolute Gasteiger partial charge is 0.244 e. The zero-order chi connectivity index (χ0) is 22.8. The normalized spacial score (nSPS) is 13.3. The number of benzene rings is 2. The number of hydrogen-bond acceptors (Lipinski definition) is 4. The molecular weight excluding hydrogens is 406 g/mol. The fourth-order valence-corrected chi connectivity index (χ4v) is 4.00. The molecule has 0 atom stereocenters. The second kappa shape index (κ2) is 8.78. The van der Waals surface area contributed by atoms with Crippen molar-refractivity contribution >= 4 is 34.5 Å². The largest absolute Gasteiger partial charge is 0.493 e. The van der Waals surface area contributed by atoms with Crippen LogP contribution >= 0.6 is 0 Å². The van der Waals surface area contributed by atoms with Gasteiger partial charge in [-0.1, -0.05) is 6.07 Å². The molecule has 0 spiro atoms. The molecule has 0 radical (unpaired) electrons. The highest BCUT2D eigenvalue weighted by Crippen LogP contribution is 2.33. The molecule has 32 heavy (non-hydrogen) atoms. The molecule has 1 aromatic heterocycles. The first-order valence-electron chi connectivity index (χ1n) is 10.5. The highest BCUT2D eigenvalue weighted by Gasteiger charge is 2.22. The molecule has 0 unspecified atom stereocenters. The van der Waals surface area contributed by atoms with E-state index in [0.29, 0.717) is 17.5 Å². The SMILES string of the molecule is COc1cc2c(cc1OC)CC(=O)N(CC(=O)Nc1cccc3c1ccn3C(C)C)C=C2. The van der Waals surface area contributed by atoms with Gasteiger partial charge in [-0.25, -0.2) is 0 Å². The first-order valence-corrected chi connectivity index (χ1v) is 10.5. The van der Waals surface area contributed by atoms with Crippen molar-refractivity contribution in [2.24, 2.45) is 0 Å². The first-order chi connectivity index (χ1) is 15.4. The van der Waals surface area contributed by atoms with Gasteiger partial charge in [0.15, 0.2) is 11.5 Å². The van der Waals surface area contributed by atoms with Gasteiger partial charge in [-0.15, -0.1) is 0 Å². The third-order valence-electron chi connectivity index (χ3n) is 5.65. The van der Waals surface area contributed by atoms with Crippen molar-refractivity contribution in [3.63, 3.8) is 0 Å². The van der Waals surface area contributed by atoms with Crippen LogP contribution in [0.25, 0.3) is 17.0 Å². The van der Waals surface area contributed by atoms with Gasteiger partial charge in [-0.2, -0.15) is 0 Å². The molecule has 2 heterocycles. The summed E-state index contributed by atoms with van der Waals surface area (Å²) in [5.41, 5.74) is 3.48. The molecule has 0 fully saturated rings. The van der Waals surface area contributed by atoms with Crippen LogP contribution in [0.1, 0.15) is 31.0 Å². The second-order valence-electron chi connectivity index (χ2n) is 8.02. The van der Waals surface area contributed by atoms with Gasteiger partial charge in [0.1, 0.15) is 6.54 Å². The van der Waals surface area contributed by atoms with Crippen LogP contribution < -0.4 is 14.8 Å². The fraction of sp³-hybridized carbons (Fsp3) is 0.280. The van der Waals surface area contributed by atoms with Crippen molar-refractivity contribution < 1.29 is 19.1 Å². The van der Waals surface area contributed by atoms with Crippen LogP contribution in [-0.4, -0.2) is 42.0 Å². The van der Waals surface area contributed by atoms with E-state index in [2.05, 4.69) is 23.7 Å². The van der Waals surface area contributed by atoms with Crippen molar-refractivity contribution in [2.45, 2.75) is 26.3 Å². The Morgan fingerprint density at radius 3 is 2.59 bits per heavy atom. The second-order valence-corrected chi connectivity index (χ2v) is 8.02. The molecule has 0 aliphatic carbocycles. The summed E-state index contributed by atoms with van der Waals surface area (Å²) in [6, 6.07) is 11.8. The number of carbonyl (C=O) groups excluding carboxylic acids is 2. The van der Waals surface area contributed by atoms with Crippen LogP contribution in [0, 0.1) is 0 Å². The predicted octanol–water partition coefficient (Wildman–Crippen LogP) is 4.23. The van der Waals surface area contributed by atoms with Crippen LogP contribution in [0.2, 0.25) is 0 Å². The molecule has 0 saturated heterocycles. The topological polar surface area (TPSA) is 72.8 Å². The van der Waals surface area contributed by atoms with Gasteiger partial charge < -0.3 is 24.3 Å². The first kappa shape index (κ1) is 21.5. The lowest BCUT2D eigenvalue weighted by Crippen LogP contribution is -2.34. The van der Waals surface area contributed by atoms with Crippen LogP contribution in [0.4, 0.5) is 5.69 Å². The number of hydrogen-bond donors (Lipinski definition) is 1. The molecular formula is C25H27N3O4. The molecule has 0 bridgehead atoms. The van der Waals surface area contributed by atoms with Crippen molar-refractivity contribution in [1.82, 2.24) is 9.47 Å². The number of fused-ring (bicyclic) bond motifs is 2. The number of aromatic nitrogens is 1. The van der Waals surface area contributed by atoms with E-state index in [1.807, 2.05) is 42.6 Å². The van der Waals surface area contributed by atoms with Gasteiger partial charge in [-0.05, 0) is 61.4 Å². The van der Waals surface area contributed by atoms with E-state index in [1.54, 1.807) is 26.5 Å². The van der Waals surface area contributed by atoms with Gasteiger partial charge in [0.25, 0.3) is 0 Å². The molecule has 3 aromatic rings. The van der Waals surface area contributed by atoms with E-state index in [4.69, 9.17) is 9.47 Å². The number of rotatable bonds is 6. The van der Waals surface area contributed by atoms with Crippen LogP contribution in [0.3, 0.4) is 0 Å². The molecule has 1 aliphatic heterocycles. The van der Waals surface area contributed by atoms with Gasteiger partial charge in [0.2, 0.25) is 11.8 Å². The minimum atomic E-state index is -0.256. The van der Waals surface area contributed by atoms with Crippen molar-refractivity contribution in [3.8, 4) is 11.5 Å². The van der Waals surface area contributed by atoms with Crippen molar-refractivity contribution in [2.75, 3.05) is 26.1 Å². The van der Waals surface area contributed by atoms with E-state index >= 15 is 0 Å². The Balaban J connectivity index is 1.52. The van der Waals surface area contributed by atoms with E-state index in [0.717, 1.165) is 27.7 Å². The van der Waals surface area contributed by atoms with E-state index < -0.39 is 0 Å². The standard InChI is InChI=1S/C25H27N3O4/c1-16(2)28-11-9-19-20(6-5-7-21(19)28)26-24(29)15-27-10-8-17-12-22(31-3)23(32-4)13-18(17)14-25(27)30/h5-13,16H,14-15H2,1-4H3,(H,26,29). The van der Waals surface area contributed by atoms with Gasteiger partial charge in [-0.3, -0.25) is 9.59 Å². The lowest BCUT2D eigenvalue weighted by molar-refractivity contribution is -0.131. The molecule has 7 heteroatoms. The summed E-state index contributed by atoms with van der Waals surface area (Å²) < 4.78 is 12.9. The highest BCUT2D eigenvalue weighted by atomic mass is 16.5. The predicted molar refractivity (Wildman–Crippen MR) is 125 cm³/mol. The maximum absolute atomic E-state index is 12.8. The maximum Gasteiger partial charge on any atom is 0.244 e. The summed E-state index contributed by atoms with van der Waals surface area (Å²) in [5.74, 6) is 0.747. The molecule has 166 valence electrons. The number of amides is 2. The summed E-state index contributed by atoms with van der Waals surface area (Å²) in [6.45, 7) is 4.16.